The number of amides is 2. The molecule has 8 heteroatoms. The third-order valence-corrected chi connectivity index (χ3v) is 6.98. The molecule has 0 aromatic carbocycles. The summed E-state index contributed by atoms with van der Waals surface area (Å²) in [6.45, 7) is 9.52. The highest BCUT2D eigenvalue weighted by Crippen LogP contribution is 2.26. The topological polar surface area (TPSA) is 78.9 Å². The average Bonchev–Trinajstić information content (AvgIpc) is 2.85. The second-order valence-electron chi connectivity index (χ2n) is 9.32. The molecule has 3 fully saturated rings. The maximum atomic E-state index is 12.8. The van der Waals surface area contributed by atoms with Crippen molar-refractivity contribution < 1.29 is 14.3 Å². The van der Waals surface area contributed by atoms with Crippen LogP contribution in [0.15, 0.2) is 6.20 Å². The summed E-state index contributed by atoms with van der Waals surface area (Å²) in [5.41, 5.74) is 1.36. The Morgan fingerprint density at radius 2 is 1.78 bits per heavy atom. The van der Waals surface area contributed by atoms with Gasteiger partial charge in [0.2, 0.25) is 5.91 Å². The van der Waals surface area contributed by atoms with Crippen LogP contribution in [0.3, 0.4) is 0 Å². The van der Waals surface area contributed by atoms with Gasteiger partial charge in [-0.1, -0.05) is 0 Å². The summed E-state index contributed by atoms with van der Waals surface area (Å²) in [6.07, 6.45) is 8.48. The maximum Gasteiger partial charge on any atom is 0.257 e. The Labute approximate surface area is 191 Å². The fraction of sp³-hybridized carbons (Fsp3) is 0.750. The standard InChI is InChI=1S/C24H37N5O3/c1-19-21(24(31)28-10-3-2-4-11-28)17-25-23(26-19)20-7-5-12-29(18-20)22(30)8-6-9-27-13-15-32-16-14-27/h17,20H,2-16,18H2,1H3/t20-/m1/s1. The van der Waals surface area contributed by atoms with Gasteiger partial charge in [0.05, 0.1) is 24.5 Å². The van der Waals surface area contributed by atoms with E-state index >= 15 is 0 Å². The molecule has 3 aliphatic heterocycles. The predicted octanol–water partition coefficient (Wildman–Crippen LogP) is 2.23. The summed E-state index contributed by atoms with van der Waals surface area (Å²) >= 11 is 0. The van der Waals surface area contributed by atoms with Gasteiger partial charge in [-0.15, -0.1) is 0 Å². The summed E-state index contributed by atoms with van der Waals surface area (Å²) in [4.78, 5) is 41.2. The van der Waals surface area contributed by atoms with Gasteiger partial charge in [0.1, 0.15) is 5.82 Å². The van der Waals surface area contributed by atoms with Crippen molar-refractivity contribution in [2.45, 2.75) is 57.8 Å². The highest BCUT2D eigenvalue weighted by Gasteiger charge is 2.28. The van der Waals surface area contributed by atoms with Gasteiger partial charge in [-0.3, -0.25) is 14.5 Å². The minimum atomic E-state index is 0.0504. The number of hydrogen-bond acceptors (Lipinski definition) is 6. The fourth-order valence-corrected chi connectivity index (χ4v) is 5.01. The van der Waals surface area contributed by atoms with E-state index in [-0.39, 0.29) is 17.7 Å². The van der Waals surface area contributed by atoms with Gasteiger partial charge in [-0.2, -0.15) is 0 Å². The van der Waals surface area contributed by atoms with E-state index in [2.05, 4.69) is 9.88 Å². The third kappa shape index (κ3) is 5.84. The summed E-state index contributed by atoms with van der Waals surface area (Å²) in [5.74, 6) is 1.19. The van der Waals surface area contributed by atoms with Crippen LogP contribution < -0.4 is 0 Å². The zero-order valence-electron chi connectivity index (χ0n) is 19.4. The first-order valence-corrected chi connectivity index (χ1v) is 12.3. The highest BCUT2D eigenvalue weighted by molar-refractivity contribution is 5.95. The molecule has 1 aromatic heterocycles. The number of hydrogen-bond donors (Lipinski definition) is 0. The Hall–Kier alpha value is -2.06. The molecule has 0 radical (unpaired) electrons. The Morgan fingerprint density at radius 3 is 2.53 bits per heavy atom. The predicted molar refractivity (Wildman–Crippen MR) is 122 cm³/mol. The summed E-state index contributed by atoms with van der Waals surface area (Å²) in [7, 11) is 0. The lowest BCUT2D eigenvalue weighted by Gasteiger charge is -2.33. The zero-order chi connectivity index (χ0) is 22.3. The van der Waals surface area contributed by atoms with E-state index < -0.39 is 0 Å². The smallest absolute Gasteiger partial charge is 0.257 e. The molecule has 8 nitrogen and oxygen atoms in total. The molecule has 0 bridgehead atoms. The highest BCUT2D eigenvalue weighted by atomic mass is 16.5. The first-order chi connectivity index (χ1) is 15.6. The third-order valence-electron chi connectivity index (χ3n) is 6.98. The molecule has 4 heterocycles. The maximum absolute atomic E-state index is 12.8. The summed E-state index contributed by atoms with van der Waals surface area (Å²) < 4.78 is 5.39. The summed E-state index contributed by atoms with van der Waals surface area (Å²) in [5, 5.41) is 0. The molecule has 0 unspecified atom stereocenters. The van der Waals surface area contributed by atoms with Gasteiger partial charge in [0, 0.05) is 57.8 Å². The monoisotopic (exact) mass is 443 g/mol. The van der Waals surface area contributed by atoms with Crippen molar-refractivity contribution >= 4 is 11.8 Å². The molecule has 4 rings (SSSR count). The molecule has 1 atom stereocenters. The van der Waals surface area contributed by atoms with Gasteiger partial charge in [0.15, 0.2) is 0 Å². The lowest BCUT2D eigenvalue weighted by molar-refractivity contribution is -0.132. The van der Waals surface area contributed by atoms with Gasteiger partial charge in [-0.25, -0.2) is 9.97 Å². The number of morpholine rings is 1. The van der Waals surface area contributed by atoms with Crippen LogP contribution in [0.2, 0.25) is 0 Å². The van der Waals surface area contributed by atoms with Crippen molar-refractivity contribution in [1.29, 1.82) is 0 Å². The molecule has 176 valence electrons. The molecule has 0 aliphatic carbocycles. The molecule has 1 aromatic rings. The number of carbonyl (C=O) groups excluding carboxylic acids is 2. The van der Waals surface area contributed by atoms with Gasteiger partial charge in [-0.05, 0) is 52.0 Å². The number of rotatable bonds is 6. The van der Waals surface area contributed by atoms with Crippen LogP contribution in [-0.2, 0) is 9.53 Å². The van der Waals surface area contributed by atoms with Crippen LogP contribution in [0, 0.1) is 6.92 Å². The Bertz CT molecular complexity index is 790. The minimum Gasteiger partial charge on any atom is -0.379 e. The summed E-state index contributed by atoms with van der Waals surface area (Å²) in [6, 6.07) is 0. The van der Waals surface area contributed by atoms with Crippen molar-refractivity contribution in [2.24, 2.45) is 0 Å². The number of ether oxygens (including phenoxy) is 1. The first kappa shape index (κ1) is 23.1. The first-order valence-electron chi connectivity index (χ1n) is 12.3. The number of aromatic nitrogens is 2. The van der Waals surface area contributed by atoms with E-state index in [4.69, 9.17) is 9.72 Å². The van der Waals surface area contributed by atoms with E-state index in [0.29, 0.717) is 18.5 Å². The number of nitrogens with zero attached hydrogens (tertiary/aromatic N) is 5. The van der Waals surface area contributed by atoms with Crippen LogP contribution in [0.4, 0.5) is 0 Å². The van der Waals surface area contributed by atoms with Crippen LogP contribution in [0.5, 0.6) is 0 Å². The van der Waals surface area contributed by atoms with Crippen LogP contribution in [0.1, 0.15) is 72.7 Å². The largest absolute Gasteiger partial charge is 0.379 e. The van der Waals surface area contributed by atoms with Crippen molar-refractivity contribution in [3.8, 4) is 0 Å². The number of carbonyl (C=O) groups is 2. The van der Waals surface area contributed by atoms with Crippen molar-refractivity contribution in [3.05, 3.63) is 23.3 Å². The van der Waals surface area contributed by atoms with Crippen LogP contribution in [0.25, 0.3) is 0 Å². The lowest BCUT2D eigenvalue weighted by atomic mass is 9.96. The molecular formula is C24H37N5O3. The molecular weight excluding hydrogens is 406 g/mol. The normalized spacial score (nSPS) is 22.7. The van der Waals surface area contributed by atoms with E-state index in [9.17, 15) is 9.59 Å². The molecule has 3 saturated heterocycles. The van der Waals surface area contributed by atoms with Gasteiger partial charge >= 0.3 is 0 Å². The van der Waals surface area contributed by atoms with E-state index in [1.165, 1.54) is 6.42 Å². The van der Waals surface area contributed by atoms with Crippen molar-refractivity contribution in [1.82, 2.24) is 24.7 Å². The van der Waals surface area contributed by atoms with Crippen molar-refractivity contribution in [3.63, 3.8) is 0 Å². The van der Waals surface area contributed by atoms with Crippen LogP contribution in [-0.4, -0.2) is 95.5 Å². The Balaban J connectivity index is 1.30. The van der Waals surface area contributed by atoms with Crippen molar-refractivity contribution in [2.75, 3.05) is 59.0 Å². The molecule has 2 amide bonds. The zero-order valence-corrected chi connectivity index (χ0v) is 19.4. The molecule has 32 heavy (non-hydrogen) atoms. The number of aryl methyl sites for hydroxylation is 1. The fourth-order valence-electron chi connectivity index (χ4n) is 5.01. The van der Waals surface area contributed by atoms with E-state index in [0.717, 1.165) is 96.1 Å². The molecule has 3 aliphatic rings. The van der Waals surface area contributed by atoms with Gasteiger partial charge < -0.3 is 14.5 Å². The van der Waals surface area contributed by atoms with Gasteiger partial charge in [0.25, 0.3) is 5.91 Å². The lowest BCUT2D eigenvalue weighted by Crippen LogP contribution is -2.40. The number of likely N-dealkylation sites (tertiary alicyclic amines) is 2. The Kier molecular flexibility index (Phi) is 8.08. The Morgan fingerprint density at radius 1 is 1.03 bits per heavy atom. The quantitative estimate of drug-likeness (QED) is 0.671. The second-order valence-corrected chi connectivity index (χ2v) is 9.32. The molecule has 0 saturated carbocycles. The van der Waals surface area contributed by atoms with Crippen LogP contribution >= 0.6 is 0 Å². The SMILES string of the molecule is Cc1nc([C@@H]2CCCN(C(=O)CCCN3CCOCC3)C2)ncc1C(=O)N1CCCCC1. The molecule has 0 spiro atoms. The second kappa shape index (κ2) is 11.2. The molecule has 0 N–H and O–H groups in total. The average molecular weight is 444 g/mol. The van der Waals surface area contributed by atoms with E-state index in [1.807, 2.05) is 16.7 Å². The number of piperidine rings is 2. The minimum absolute atomic E-state index is 0.0504. The van der Waals surface area contributed by atoms with E-state index in [1.54, 1.807) is 6.20 Å².